The second kappa shape index (κ2) is 9.99. The molecule has 0 radical (unpaired) electrons. The van der Waals surface area contributed by atoms with Crippen LogP contribution in [0.25, 0.3) is 0 Å². The maximum atomic E-state index is 12.5. The lowest BCUT2D eigenvalue weighted by molar-refractivity contribution is -0.115. The number of hydrogen-bond acceptors (Lipinski definition) is 5. The molecule has 0 atom stereocenters. The maximum Gasteiger partial charge on any atom is 0.241 e. The van der Waals surface area contributed by atoms with Gasteiger partial charge in [0, 0.05) is 12.2 Å². The molecule has 2 aromatic carbocycles. The Balaban J connectivity index is 0.00000280. The first-order valence-corrected chi connectivity index (χ1v) is 10.3. The summed E-state index contributed by atoms with van der Waals surface area (Å²) in [4.78, 5) is 12.4. The molecule has 0 aliphatic carbocycles. The molecule has 7 nitrogen and oxygen atoms in total. The molecule has 0 bridgehead atoms. The van der Waals surface area contributed by atoms with E-state index in [1.54, 1.807) is 18.2 Å². The van der Waals surface area contributed by atoms with E-state index in [0.717, 1.165) is 23.2 Å². The lowest BCUT2D eigenvalue weighted by Gasteiger charge is -2.12. The van der Waals surface area contributed by atoms with Gasteiger partial charge in [-0.1, -0.05) is 31.2 Å². The molecular weight excluding hydrogens is 402 g/mol. The third-order valence-electron chi connectivity index (χ3n) is 4.28. The van der Waals surface area contributed by atoms with Gasteiger partial charge >= 0.3 is 0 Å². The Hall–Kier alpha value is -1.97. The standard InChI is InChI=1S/C19H23N3O4S.ClH/c1-2-20-10-14-5-3-4-6-18(14)22-19(23)11-21-27(24,25)17-8-7-15-12-26-13-16(15)9-17;/h3-9,20-21H,2,10-13H2,1H3,(H,22,23);1H. The Morgan fingerprint density at radius 2 is 1.86 bits per heavy atom. The van der Waals surface area contributed by atoms with Crippen molar-refractivity contribution in [3.05, 3.63) is 59.2 Å². The molecule has 1 amide bonds. The van der Waals surface area contributed by atoms with Gasteiger partial charge in [-0.25, -0.2) is 13.1 Å². The largest absolute Gasteiger partial charge is 0.372 e. The van der Waals surface area contributed by atoms with Crippen molar-refractivity contribution in [1.82, 2.24) is 10.0 Å². The second-order valence-electron chi connectivity index (χ2n) is 6.23. The Kier molecular flexibility index (Phi) is 7.97. The molecule has 28 heavy (non-hydrogen) atoms. The second-order valence-corrected chi connectivity index (χ2v) is 8.00. The molecule has 0 unspecified atom stereocenters. The number of nitrogens with one attached hydrogen (secondary N) is 3. The van der Waals surface area contributed by atoms with E-state index in [4.69, 9.17) is 4.74 Å². The van der Waals surface area contributed by atoms with Gasteiger partial charge in [-0.3, -0.25) is 4.79 Å². The molecule has 3 N–H and O–H groups in total. The number of rotatable bonds is 8. The Labute approximate surface area is 171 Å². The van der Waals surface area contributed by atoms with Crippen LogP contribution < -0.4 is 15.4 Å². The number of carbonyl (C=O) groups is 1. The summed E-state index contributed by atoms with van der Waals surface area (Å²) in [6, 6.07) is 12.3. The first kappa shape index (κ1) is 22.3. The molecule has 152 valence electrons. The Morgan fingerprint density at radius 3 is 2.64 bits per heavy atom. The molecule has 1 aliphatic heterocycles. The van der Waals surface area contributed by atoms with Gasteiger partial charge in [0.05, 0.1) is 24.7 Å². The predicted octanol–water partition coefficient (Wildman–Crippen LogP) is 2.17. The Morgan fingerprint density at radius 1 is 1.11 bits per heavy atom. The van der Waals surface area contributed by atoms with Gasteiger partial charge in [0.2, 0.25) is 15.9 Å². The summed E-state index contributed by atoms with van der Waals surface area (Å²) in [5, 5.41) is 5.96. The molecule has 1 heterocycles. The monoisotopic (exact) mass is 425 g/mol. The van der Waals surface area contributed by atoms with Crippen molar-refractivity contribution in [1.29, 1.82) is 0 Å². The predicted molar refractivity (Wildman–Crippen MR) is 110 cm³/mol. The fourth-order valence-corrected chi connectivity index (χ4v) is 3.84. The number of carbonyl (C=O) groups excluding carboxylic acids is 1. The van der Waals surface area contributed by atoms with Gasteiger partial charge < -0.3 is 15.4 Å². The summed E-state index contributed by atoms with van der Waals surface area (Å²) in [6.07, 6.45) is 0. The van der Waals surface area contributed by atoms with Crippen molar-refractivity contribution < 1.29 is 17.9 Å². The smallest absolute Gasteiger partial charge is 0.241 e. The van der Waals surface area contributed by atoms with Crippen LogP contribution in [-0.2, 0) is 39.3 Å². The van der Waals surface area contributed by atoms with Crippen LogP contribution in [0, 0.1) is 0 Å². The van der Waals surface area contributed by atoms with Crippen LogP contribution in [-0.4, -0.2) is 27.4 Å². The average molecular weight is 426 g/mol. The van der Waals surface area contributed by atoms with Crippen molar-refractivity contribution in [2.75, 3.05) is 18.4 Å². The SMILES string of the molecule is CCNCc1ccccc1NC(=O)CNS(=O)(=O)c1ccc2c(c1)COC2.Cl. The highest BCUT2D eigenvalue weighted by Gasteiger charge is 2.19. The molecule has 3 rings (SSSR count). The van der Waals surface area contributed by atoms with E-state index in [0.29, 0.717) is 25.4 Å². The number of sulfonamides is 1. The summed E-state index contributed by atoms with van der Waals surface area (Å²) < 4.78 is 32.6. The van der Waals surface area contributed by atoms with Crippen LogP contribution in [0.4, 0.5) is 5.69 Å². The summed E-state index contributed by atoms with van der Waals surface area (Å²) in [7, 11) is -3.77. The lowest BCUT2D eigenvalue weighted by Crippen LogP contribution is -2.33. The number of benzene rings is 2. The molecule has 1 aliphatic rings. The van der Waals surface area contributed by atoms with Crippen molar-refractivity contribution in [3.63, 3.8) is 0 Å². The van der Waals surface area contributed by atoms with Crippen LogP contribution in [0.2, 0.25) is 0 Å². The number of para-hydroxylation sites is 1. The van der Waals surface area contributed by atoms with Gasteiger partial charge in [-0.2, -0.15) is 0 Å². The number of anilines is 1. The molecular formula is C19H24ClN3O4S. The highest BCUT2D eigenvalue weighted by molar-refractivity contribution is 7.89. The topological polar surface area (TPSA) is 96.5 Å². The number of fused-ring (bicyclic) bond motifs is 1. The third-order valence-corrected chi connectivity index (χ3v) is 5.68. The zero-order valence-corrected chi connectivity index (χ0v) is 17.2. The highest BCUT2D eigenvalue weighted by atomic mass is 35.5. The third kappa shape index (κ3) is 5.52. The molecule has 2 aromatic rings. The van der Waals surface area contributed by atoms with Crippen molar-refractivity contribution in [2.45, 2.75) is 31.6 Å². The van der Waals surface area contributed by atoms with Gasteiger partial charge in [-0.05, 0) is 41.4 Å². The quantitative estimate of drug-likeness (QED) is 0.602. The van der Waals surface area contributed by atoms with Crippen molar-refractivity contribution in [2.24, 2.45) is 0 Å². The highest BCUT2D eigenvalue weighted by Crippen LogP contribution is 2.23. The summed E-state index contributed by atoms with van der Waals surface area (Å²) in [6.45, 7) is 4.00. The van der Waals surface area contributed by atoms with Crippen molar-refractivity contribution in [3.8, 4) is 0 Å². The normalized spacial score (nSPS) is 12.9. The van der Waals surface area contributed by atoms with E-state index in [-0.39, 0.29) is 23.8 Å². The molecule has 0 saturated heterocycles. The van der Waals surface area contributed by atoms with Crippen LogP contribution in [0.3, 0.4) is 0 Å². The zero-order chi connectivity index (χ0) is 19.3. The van der Waals surface area contributed by atoms with Gasteiger partial charge in [0.1, 0.15) is 0 Å². The van der Waals surface area contributed by atoms with E-state index in [1.807, 2.05) is 25.1 Å². The molecule has 0 aromatic heterocycles. The first-order valence-electron chi connectivity index (χ1n) is 8.77. The molecule has 0 fully saturated rings. The van der Waals surface area contributed by atoms with E-state index in [1.165, 1.54) is 6.07 Å². The molecule has 0 saturated carbocycles. The number of halogens is 1. The fourth-order valence-electron chi connectivity index (χ4n) is 2.81. The zero-order valence-electron chi connectivity index (χ0n) is 15.5. The number of hydrogen-bond donors (Lipinski definition) is 3. The summed E-state index contributed by atoms with van der Waals surface area (Å²) in [5.74, 6) is -0.424. The minimum absolute atomic E-state index is 0. The van der Waals surface area contributed by atoms with Crippen LogP contribution in [0.5, 0.6) is 0 Å². The van der Waals surface area contributed by atoms with E-state index >= 15 is 0 Å². The average Bonchev–Trinajstić information content (AvgIpc) is 3.14. The van der Waals surface area contributed by atoms with Gasteiger partial charge in [0.25, 0.3) is 0 Å². The summed E-state index contributed by atoms with van der Waals surface area (Å²) >= 11 is 0. The number of amides is 1. The van der Waals surface area contributed by atoms with Crippen LogP contribution in [0.15, 0.2) is 47.4 Å². The van der Waals surface area contributed by atoms with Crippen LogP contribution in [0.1, 0.15) is 23.6 Å². The van der Waals surface area contributed by atoms with Crippen molar-refractivity contribution >= 4 is 34.0 Å². The minimum atomic E-state index is -3.77. The fraction of sp³-hybridized carbons (Fsp3) is 0.316. The van der Waals surface area contributed by atoms with Gasteiger partial charge in [-0.15, -0.1) is 12.4 Å². The number of ether oxygens (including phenoxy) is 1. The van der Waals surface area contributed by atoms with E-state index in [9.17, 15) is 13.2 Å². The lowest BCUT2D eigenvalue weighted by atomic mass is 10.1. The van der Waals surface area contributed by atoms with E-state index in [2.05, 4.69) is 15.4 Å². The van der Waals surface area contributed by atoms with Crippen LogP contribution >= 0.6 is 12.4 Å². The molecule has 0 spiro atoms. The first-order chi connectivity index (χ1) is 13.0. The van der Waals surface area contributed by atoms with Gasteiger partial charge in [0.15, 0.2) is 0 Å². The maximum absolute atomic E-state index is 12.5. The van der Waals surface area contributed by atoms with E-state index < -0.39 is 15.9 Å². The summed E-state index contributed by atoms with van der Waals surface area (Å²) in [5.41, 5.74) is 3.45. The Bertz CT molecular complexity index is 935. The molecule has 9 heteroatoms. The minimum Gasteiger partial charge on any atom is -0.372 e.